The van der Waals surface area contributed by atoms with Crippen LogP contribution in [0.15, 0.2) is 42.5 Å². The van der Waals surface area contributed by atoms with Crippen molar-refractivity contribution in [3.8, 4) is 0 Å². The van der Waals surface area contributed by atoms with Gasteiger partial charge in [0.2, 0.25) is 0 Å². The van der Waals surface area contributed by atoms with Crippen LogP contribution >= 0.6 is 0 Å². The third kappa shape index (κ3) is 7.08. The molecule has 1 heterocycles. The standard InChI is InChI=1S/C25H31F2NO4/c1-17(24-7-3-2-5-19(24)8-9-25(30)31)32-16-23(29)15-28-10-4-6-22(28)13-18-11-20(26)14-21(27)12-18/h2-3,5,7,11-12,14,17,22-23,29H,4,6,8-10,13,15-16H2,1H3,(H,30,31)/t17-,22?,23-/m1/s1. The molecule has 0 amide bonds. The van der Waals surface area contributed by atoms with Gasteiger partial charge in [-0.25, -0.2) is 8.78 Å². The van der Waals surface area contributed by atoms with E-state index in [4.69, 9.17) is 9.84 Å². The van der Waals surface area contributed by atoms with Crippen molar-refractivity contribution in [2.45, 2.75) is 57.3 Å². The summed E-state index contributed by atoms with van der Waals surface area (Å²) in [6.07, 6.45) is 1.93. The number of hydrogen-bond acceptors (Lipinski definition) is 4. The number of likely N-dealkylation sites (tertiary alicyclic amines) is 1. The van der Waals surface area contributed by atoms with E-state index in [9.17, 15) is 18.7 Å². The van der Waals surface area contributed by atoms with Gasteiger partial charge in [0.05, 0.1) is 18.8 Å². The summed E-state index contributed by atoms with van der Waals surface area (Å²) in [6, 6.07) is 11.3. The molecule has 5 nitrogen and oxygen atoms in total. The molecule has 0 bridgehead atoms. The first-order valence-electron chi connectivity index (χ1n) is 11.1. The van der Waals surface area contributed by atoms with Crippen molar-refractivity contribution in [1.29, 1.82) is 0 Å². The fraction of sp³-hybridized carbons (Fsp3) is 0.480. The van der Waals surface area contributed by atoms with Gasteiger partial charge < -0.3 is 14.9 Å². The summed E-state index contributed by atoms with van der Waals surface area (Å²) in [4.78, 5) is 13.1. The van der Waals surface area contributed by atoms with Crippen LogP contribution in [0.3, 0.4) is 0 Å². The highest BCUT2D eigenvalue weighted by Crippen LogP contribution is 2.24. The van der Waals surface area contributed by atoms with Gasteiger partial charge in [-0.15, -0.1) is 0 Å². The number of benzene rings is 2. The molecule has 2 N–H and O–H groups in total. The minimum Gasteiger partial charge on any atom is -0.481 e. The van der Waals surface area contributed by atoms with Crippen molar-refractivity contribution in [1.82, 2.24) is 4.90 Å². The van der Waals surface area contributed by atoms with Gasteiger partial charge in [0.15, 0.2) is 0 Å². The number of aliphatic hydroxyl groups excluding tert-OH is 1. The van der Waals surface area contributed by atoms with Crippen molar-refractivity contribution in [3.05, 3.63) is 70.8 Å². The molecule has 2 aromatic carbocycles. The number of hydrogen-bond donors (Lipinski definition) is 2. The molecule has 32 heavy (non-hydrogen) atoms. The predicted molar refractivity (Wildman–Crippen MR) is 117 cm³/mol. The van der Waals surface area contributed by atoms with Gasteiger partial charge in [-0.2, -0.15) is 0 Å². The summed E-state index contributed by atoms with van der Waals surface area (Å²) in [5.41, 5.74) is 2.48. The lowest BCUT2D eigenvalue weighted by atomic mass is 9.99. The van der Waals surface area contributed by atoms with Crippen molar-refractivity contribution >= 4 is 5.97 Å². The Labute approximate surface area is 187 Å². The number of aliphatic hydroxyl groups is 1. The number of carbonyl (C=O) groups is 1. The van der Waals surface area contributed by atoms with E-state index in [2.05, 4.69) is 4.90 Å². The highest BCUT2D eigenvalue weighted by atomic mass is 19.1. The van der Waals surface area contributed by atoms with Crippen LogP contribution in [0.4, 0.5) is 8.78 Å². The Bertz CT molecular complexity index is 887. The van der Waals surface area contributed by atoms with Gasteiger partial charge in [-0.1, -0.05) is 24.3 Å². The molecule has 174 valence electrons. The fourth-order valence-electron chi connectivity index (χ4n) is 4.44. The topological polar surface area (TPSA) is 70.0 Å². The van der Waals surface area contributed by atoms with E-state index in [0.29, 0.717) is 24.9 Å². The summed E-state index contributed by atoms with van der Waals surface area (Å²) in [5, 5.41) is 19.5. The Morgan fingerprint density at radius 3 is 2.66 bits per heavy atom. The maximum Gasteiger partial charge on any atom is 0.303 e. The van der Waals surface area contributed by atoms with Crippen LogP contribution in [0.1, 0.15) is 49.0 Å². The number of halogens is 2. The summed E-state index contributed by atoms with van der Waals surface area (Å²) >= 11 is 0. The zero-order chi connectivity index (χ0) is 23.1. The van der Waals surface area contributed by atoms with E-state index >= 15 is 0 Å². The lowest BCUT2D eigenvalue weighted by Crippen LogP contribution is -2.39. The normalized spacial score (nSPS) is 18.6. The Kier molecular flexibility index (Phi) is 8.73. The highest BCUT2D eigenvalue weighted by Gasteiger charge is 2.27. The minimum absolute atomic E-state index is 0.0535. The van der Waals surface area contributed by atoms with Crippen molar-refractivity contribution in [2.24, 2.45) is 0 Å². The third-order valence-corrected chi connectivity index (χ3v) is 5.98. The molecule has 3 atom stereocenters. The zero-order valence-corrected chi connectivity index (χ0v) is 18.3. The molecule has 3 rings (SSSR count). The van der Waals surface area contributed by atoms with Crippen LogP contribution in [0, 0.1) is 11.6 Å². The first-order valence-corrected chi connectivity index (χ1v) is 11.1. The Balaban J connectivity index is 1.52. The molecule has 0 saturated carbocycles. The molecule has 1 aliphatic heterocycles. The Morgan fingerprint density at radius 1 is 1.22 bits per heavy atom. The molecule has 0 aromatic heterocycles. The van der Waals surface area contributed by atoms with E-state index in [0.717, 1.165) is 36.6 Å². The van der Waals surface area contributed by atoms with E-state index in [1.54, 1.807) is 0 Å². The molecule has 1 saturated heterocycles. The van der Waals surface area contributed by atoms with E-state index in [-0.39, 0.29) is 25.2 Å². The van der Waals surface area contributed by atoms with Crippen molar-refractivity contribution in [3.63, 3.8) is 0 Å². The summed E-state index contributed by atoms with van der Waals surface area (Å²) < 4.78 is 32.9. The summed E-state index contributed by atoms with van der Waals surface area (Å²) in [6.45, 7) is 3.29. The van der Waals surface area contributed by atoms with Gasteiger partial charge in [0.1, 0.15) is 11.6 Å². The van der Waals surface area contributed by atoms with E-state index in [1.807, 2.05) is 31.2 Å². The van der Waals surface area contributed by atoms with Crippen LogP contribution < -0.4 is 0 Å². The van der Waals surface area contributed by atoms with Crippen molar-refractivity contribution in [2.75, 3.05) is 19.7 Å². The van der Waals surface area contributed by atoms with Gasteiger partial charge in [0, 0.05) is 25.1 Å². The van der Waals surface area contributed by atoms with Crippen LogP contribution in [-0.4, -0.2) is 52.9 Å². The van der Waals surface area contributed by atoms with Crippen LogP contribution in [0.5, 0.6) is 0 Å². The number of rotatable bonds is 11. The van der Waals surface area contributed by atoms with Gasteiger partial charge in [-0.3, -0.25) is 9.69 Å². The number of carboxylic acids is 1. The molecule has 0 radical (unpaired) electrons. The SMILES string of the molecule is C[C@@H](OC[C@H](O)CN1CCCC1Cc1cc(F)cc(F)c1)c1ccccc1CCC(=O)O. The number of nitrogens with zero attached hydrogens (tertiary/aromatic N) is 1. The molecular weight excluding hydrogens is 416 g/mol. The largest absolute Gasteiger partial charge is 0.481 e. The average molecular weight is 448 g/mol. The first kappa shape index (κ1) is 24.3. The predicted octanol–water partition coefficient (Wildman–Crippen LogP) is 4.13. The molecule has 1 unspecified atom stereocenters. The monoisotopic (exact) mass is 447 g/mol. The molecular formula is C25H31F2NO4. The van der Waals surface area contributed by atoms with Crippen LogP contribution in [-0.2, 0) is 22.4 Å². The number of ether oxygens (including phenoxy) is 1. The smallest absolute Gasteiger partial charge is 0.303 e. The van der Waals surface area contributed by atoms with Gasteiger partial charge in [-0.05, 0) is 68.0 Å². The average Bonchev–Trinajstić information content (AvgIpc) is 3.16. The second-order valence-electron chi connectivity index (χ2n) is 8.49. The van der Waals surface area contributed by atoms with Crippen molar-refractivity contribution < 1.29 is 28.5 Å². The summed E-state index contributed by atoms with van der Waals surface area (Å²) in [5.74, 6) is -1.99. The van der Waals surface area contributed by atoms with E-state index < -0.39 is 23.7 Å². The fourth-order valence-corrected chi connectivity index (χ4v) is 4.44. The first-order chi connectivity index (χ1) is 15.3. The minimum atomic E-state index is -0.843. The lowest BCUT2D eigenvalue weighted by molar-refractivity contribution is -0.136. The quantitative estimate of drug-likeness (QED) is 0.542. The molecule has 2 aromatic rings. The second kappa shape index (κ2) is 11.5. The van der Waals surface area contributed by atoms with E-state index in [1.165, 1.54) is 12.1 Å². The number of β-amino-alcohol motifs (C(OH)–C–C–N with tert-alkyl or cyclic N) is 1. The molecule has 0 aliphatic carbocycles. The maximum absolute atomic E-state index is 13.5. The lowest BCUT2D eigenvalue weighted by Gasteiger charge is -2.27. The van der Waals surface area contributed by atoms with Gasteiger partial charge >= 0.3 is 5.97 Å². The number of carboxylic acid groups (broad SMARTS) is 1. The number of aryl methyl sites for hydroxylation is 1. The van der Waals surface area contributed by atoms with Gasteiger partial charge in [0.25, 0.3) is 0 Å². The molecule has 7 heteroatoms. The van der Waals surface area contributed by atoms with Crippen LogP contribution in [0.2, 0.25) is 0 Å². The third-order valence-electron chi connectivity index (χ3n) is 5.98. The maximum atomic E-state index is 13.5. The van der Waals surface area contributed by atoms with Crippen LogP contribution in [0.25, 0.3) is 0 Å². The Hall–Kier alpha value is -2.35. The molecule has 1 fully saturated rings. The molecule has 1 aliphatic rings. The zero-order valence-electron chi connectivity index (χ0n) is 18.3. The summed E-state index contributed by atoms with van der Waals surface area (Å²) in [7, 11) is 0. The molecule has 0 spiro atoms. The Morgan fingerprint density at radius 2 is 1.94 bits per heavy atom. The second-order valence-corrected chi connectivity index (χ2v) is 8.49. The number of aliphatic carboxylic acids is 1. The highest BCUT2D eigenvalue weighted by molar-refractivity contribution is 5.67.